The zero-order valence-corrected chi connectivity index (χ0v) is 16.4. The molecule has 3 N–H and O–H groups in total. The van der Waals surface area contributed by atoms with Gasteiger partial charge in [0.25, 0.3) is 0 Å². The molecule has 0 radical (unpaired) electrons. The molecule has 9 nitrogen and oxygen atoms in total. The molecule has 2 saturated heterocycles. The van der Waals surface area contributed by atoms with Gasteiger partial charge in [-0.05, 0) is 33.6 Å². The molecule has 2 amide bonds. The standard InChI is InChI=1S/C16H29N3O6S/c1-15(2,3)25-14(21)18-6-4-16(22,5-7-18)11-19-9-12(8-13(19)20)10-26(17,23)24/h12,22H,4-11H2,1-3H3,(H2,17,23,24). The molecule has 2 heterocycles. The summed E-state index contributed by atoms with van der Waals surface area (Å²) in [5, 5.41) is 15.8. The minimum Gasteiger partial charge on any atom is -0.444 e. The van der Waals surface area contributed by atoms with Crippen molar-refractivity contribution in [2.24, 2.45) is 11.1 Å². The second-order valence-electron chi connectivity index (χ2n) is 8.37. The van der Waals surface area contributed by atoms with Crippen LogP contribution in [0.5, 0.6) is 0 Å². The minimum absolute atomic E-state index is 0.122. The molecular formula is C16H29N3O6S. The molecular weight excluding hydrogens is 362 g/mol. The lowest BCUT2D eigenvalue weighted by Crippen LogP contribution is -2.53. The summed E-state index contributed by atoms with van der Waals surface area (Å²) in [6.07, 6.45) is 0.368. The van der Waals surface area contributed by atoms with Gasteiger partial charge in [-0.1, -0.05) is 0 Å². The number of nitrogens with zero attached hydrogens (tertiary/aromatic N) is 2. The first-order valence-electron chi connectivity index (χ1n) is 8.75. The maximum atomic E-state index is 12.1. The SMILES string of the molecule is CC(C)(C)OC(=O)N1CCC(O)(CN2CC(CS(N)(=O)=O)CC2=O)CC1. The predicted octanol–water partition coefficient (Wildman–Crippen LogP) is -0.115. The Balaban J connectivity index is 1.87. The molecule has 0 spiro atoms. The van der Waals surface area contributed by atoms with Crippen molar-refractivity contribution in [3.63, 3.8) is 0 Å². The molecule has 2 aliphatic heterocycles. The van der Waals surface area contributed by atoms with E-state index in [2.05, 4.69) is 0 Å². The number of aliphatic hydroxyl groups is 1. The highest BCUT2D eigenvalue weighted by molar-refractivity contribution is 7.89. The molecule has 0 bridgehead atoms. The number of β-amino-alcohol motifs (C(OH)–C–C–N with tert-alkyl or cyclic N) is 1. The van der Waals surface area contributed by atoms with E-state index in [9.17, 15) is 23.1 Å². The number of sulfonamides is 1. The molecule has 26 heavy (non-hydrogen) atoms. The second kappa shape index (κ2) is 7.32. The number of carbonyl (C=O) groups is 2. The van der Waals surface area contributed by atoms with Gasteiger partial charge in [0, 0.05) is 38.5 Å². The smallest absolute Gasteiger partial charge is 0.410 e. The highest BCUT2D eigenvalue weighted by atomic mass is 32.2. The van der Waals surface area contributed by atoms with E-state index in [1.165, 1.54) is 4.90 Å². The van der Waals surface area contributed by atoms with Crippen molar-refractivity contribution >= 4 is 22.0 Å². The number of piperidine rings is 1. The van der Waals surface area contributed by atoms with Crippen LogP contribution in [0, 0.1) is 5.92 Å². The Morgan fingerprint density at radius 3 is 2.42 bits per heavy atom. The molecule has 2 fully saturated rings. The van der Waals surface area contributed by atoms with Crippen LogP contribution in [0.4, 0.5) is 4.79 Å². The molecule has 0 aromatic carbocycles. The summed E-state index contributed by atoms with van der Waals surface area (Å²) < 4.78 is 27.7. The number of primary sulfonamides is 1. The summed E-state index contributed by atoms with van der Waals surface area (Å²) in [6, 6.07) is 0. The molecule has 0 aromatic heterocycles. The third kappa shape index (κ3) is 6.10. The van der Waals surface area contributed by atoms with Crippen molar-refractivity contribution in [3.05, 3.63) is 0 Å². The van der Waals surface area contributed by atoms with Crippen molar-refractivity contribution < 1.29 is 27.9 Å². The highest BCUT2D eigenvalue weighted by Crippen LogP contribution is 2.28. The van der Waals surface area contributed by atoms with E-state index in [0.29, 0.717) is 25.9 Å². The lowest BCUT2D eigenvalue weighted by atomic mass is 9.91. The molecule has 2 rings (SSSR count). The van der Waals surface area contributed by atoms with Gasteiger partial charge in [-0.25, -0.2) is 18.4 Å². The molecule has 0 aliphatic carbocycles. The largest absolute Gasteiger partial charge is 0.444 e. The van der Waals surface area contributed by atoms with Crippen molar-refractivity contribution in [2.45, 2.75) is 51.2 Å². The van der Waals surface area contributed by atoms with Gasteiger partial charge in [-0.3, -0.25) is 4.79 Å². The van der Waals surface area contributed by atoms with Crippen molar-refractivity contribution in [1.29, 1.82) is 0 Å². The number of carbonyl (C=O) groups excluding carboxylic acids is 2. The topological polar surface area (TPSA) is 130 Å². The molecule has 0 saturated carbocycles. The highest BCUT2D eigenvalue weighted by Gasteiger charge is 2.40. The lowest BCUT2D eigenvalue weighted by Gasteiger charge is -2.40. The van der Waals surface area contributed by atoms with Gasteiger partial charge in [-0.15, -0.1) is 0 Å². The van der Waals surface area contributed by atoms with Crippen LogP contribution >= 0.6 is 0 Å². The minimum atomic E-state index is -3.63. The molecule has 1 unspecified atom stereocenters. The first-order valence-corrected chi connectivity index (χ1v) is 10.5. The van der Waals surface area contributed by atoms with Crippen molar-refractivity contribution in [1.82, 2.24) is 9.80 Å². The summed E-state index contributed by atoms with van der Waals surface area (Å²) in [5.41, 5.74) is -1.67. The van der Waals surface area contributed by atoms with Crippen LogP contribution < -0.4 is 5.14 Å². The van der Waals surface area contributed by atoms with Crippen molar-refractivity contribution in [2.75, 3.05) is 31.9 Å². The van der Waals surface area contributed by atoms with E-state index in [-0.39, 0.29) is 37.1 Å². The van der Waals surface area contributed by atoms with Crippen molar-refractivity contribution in [3.8, 4) is 0 Å². The first-order chi connectivity index (χ1) is 11.8. The average Bonchev–Trinajstić information content (AvgIpc) is 2.74. The third-order valence-corrected chi connectivity index (χ3v) is 5.53. The van der Waals surface area contributed by atoms with E-state index in [0.717, 1.165) is 0 Å². The Kier molecular flexibility index (Phi) is 5.89. The maximum Gasteiger partial charge on any atom is 0.410 e. The van der Waals surface area contributed by atoms with Gasteiger partial charge in [-0.2, -0.15) is 0 Å². The summed E-state index contributed by atoms with van der Waals surface area (Å²) >= 11 is 0. The van der Waals surface area contributed by atoms with Crippen LogP contribution in [0.1, 0.15) is 40.0 Å². The molecule has 2 aliphatic rings. The Morgan fingerprint density at radius 1 is 1.35 bits per heavy atom. The van der Waals surface area contributed by atoms with Gasteiger partial charge in [0.05, 0.1) is 11.4 Å². The number of amides is 2. The lowest BCUT2D eigenvalue weighted by molar-refractivity contribution is -0.132. The van der Waals surface area contributed by atoms with Crippen LogP contribution in [0.15, 0.2) is 0 Å². The fraction of sp³-hybridized carbons (Fsp3) is 0.875. The number of likely N-dealkylation sites (tertiary alicyclic amines) is 2. The van der Waals surface area contributed by atoms with Crippen LogP contribution in [-0.2, 0) is 19.6 Å². The summed E-state index contributed by atoms with van der Waals surface area (Å²) in [7, 11) is -3.63. The summed E-state index contributed by atoms with van der Waals surface area (Å²) in [4.78, 5) is 27.2. The first kappa shape index (κ1) is 20.9. The quantitative estimate of drug-likeness (QED) is 0.687. The molecule has 150 valence electrons. The average molecular weight is 391 g/mol. The zero-order valence-electron chi connectivity index (χ0n) is 15.6. The Labute approximate surface area is 154 Å². The number of nitrogens with two attached hydrogens (primary N) is 1. The maximum absolute atomic E-state index is 12.1. The van der Waals surface area contributed by atoms with Crippen LogP contribution in [0.2, 0.25) is 0 Å². The van der Waals surface area contributed by atoms with E-state index in [1.54, 1.807) is 25.7 Å². The van der Waals surface area contributed by atoms with Gasteiger partial charge in [0.1, 0.15) is 5.60 Å². The van der Waals surface area contributed by atoms with E-state index < -0.39 is 27.3 Å². The summed E-state index contributed by atoms with van der Waals surface area (Å²) in [6.45, 7) is 6.47. The zero-order chi connectivity index (χ0) is 19.8. The van der Waals surface area contributed by atoms with E-state index in [4.69, 9.17) is 9.88 Å². The number of hydrogen-bond acceptors (Lipinski definition) is 6. The van der Waals surface area contributed by atoms with Gasteiger partial charge < -0.3 is 19.6 Å². The second-order valence-corrected chi connectivity index (χ2v) is 10.0. The van der Waals surface area contributed by atoms with E-state index in [1.807, 2.05) is 0 Å². The summed E-state index contributed by atoms with van der Waals surface area (Å²) in [5.74, 6) is -0.760. The van der Waals surface area contributed by atoms with E-state index >= 15 is 0 Å². The number of hydrogen-bond donors (Lipinski definition) is 2. The fourth-order valence-corrected chi connectivity index (χ4v) is 4.27. The van der Waals surface area contributed by atoms with Gasteiger partial charge in [0.15, 0.2) is 0 Å². The molecule has 0 aromatic rings. The van der Waals surface area contributed by atoms with Gasteiger partial charge >= 0.3 is 6.09 Å². The normalized spacial score (nSPS) is 24.0. The molecule has 1 atom stereocenters. The monoisotopic (exact) mass is 391 g/mol. The number of rotatable bonds is 4. The van der Waals surface area contributed by atoms with Crippen LogP contribution in [0.25, 0.3) is 0 Å². The predicted molar refractivity (Wildman–Crippen MR) is 94.7 cm³/mol. The fourth-order valence-electron chi connectivity index (χ4n) is 3.39. The van der Waals surface area contributed by atoms with Crippen LogP contribution in [-0.4, -0.2) is 78.5 Å². The van der Waals surface area contributed by atoms with Gasteiger partial charge in [0.2, 0.25) is 15.9 Å². The Bertz CT molecular complexity index is 649. The Morgan fingerprint density at radius 2 is 1.92 bits per heavy atom. The van der Waals surface area contributed by atoms with Crippen LogP contribution in [0.3, 0.4) is 0 Å². The third-order valence-electron chi connectivity index (χ3n) is 4.59. The Hall–Kier alpha value is -1.39. The number of ether oxygens (including phenoxy) is 1. The molecule has 10 heteroatoms.